The third kappa shape index (κ3) is 2.22. The van der Waals surface area contributed by atoms with Crippen molar-refractivity contribution >= 4 is 0 Å². The highest BCUT2D eigenvalue weighted by atomic mass is 15.2. The Morgan fingerprint density at radius 3 is 3.00 bits per heavy atom. The maximum absolute atomic E-state index is 3.67. The average Bonchev–Trinajstić information content (AvgIpc) is 2.34. The summed E-state index contributed by atoms with van der Waals surface area (Å²) in [4.78, 5) is 2.39. The maximum atomic E-state index is 3.67. The molecule has 3 nitrogen and oxygen atoms in total. The Hall–Kier alpha value is -0.540. The predicted molar refractivity (Wildman–Crippen MR) is 52.1 cm³/mol. The summed E-state index contributed by atoms with van der Waals surface area (Å²) in [7, 11) is 4.18. The molecule has 3 heteroatoms. The number of likely N-dealkylation sites (N-methyl/N-ethyl adjacent to an activating group) is 2. The van der Waals surface area contributed by atoms with Gasteiger partial charge in [-0.3, -0.25) is 0 Å². The van der Waals surface area contributed by atoms with Gasteiger partial charge in [-0.1, -0.05) is 6.58 Å². The summed E-state index contributed by atoms with van der Waals surface area (Å²) in [6.45, 7) is 5.87. The lowest BCUT2D eigenvalue weighted by Crippen LogP contribution is -2.33. The molecular formula is C9H19N3. The molecule has 0 amide bonds. The quantitative estimate of drug-likeness (QED) is 0.621. The lowest BCUT2D eigenvalue weighted by atomic mass is 10.2. The van der Waals surface area contributed by atoms with Crippen LogP contribution in [-0.2, 0) is 0 Å². The van der Waals surface area contributed by atoms with Crippen LogP contribution in [0.25, 0.3) is 0 Å². The van der Waals surface area contributed by atoms with E-state index in [-0.39, 0.29) is 0 Å². The first-order valence-corrected chi connectivity index (χ1v) is 4.49. The van der Waals surface area contributed by atoms with Gasteiger partial charge in [-0.25, -0.2) is 0 Å². The van der Waals surface area contributed by atoms with Gasteiger partial charge in [0, 0.05) is 25.2 Å². The van der Waals surface area contributed by atoms with Crippen LogP contribution in [0, 0.1) is 0 Å². The molecule has 1 heterocycles. The normalized spacial score (nSPS) is 30.5. The van der Waals surface area contributed by atoms with E-state index < -0.39 is 0 Å². The van der Waals surface area contributed by atoms with E-state index in [1.165, 1.54) is 6.42 Å². The minimum atomic E-state index is 0.589. The number of rotatable bonds is 4. The Morgan fingerprint density at radius 2 is 2.42 bits per heavy atom. The molecule has 0 bridgehead atoms. The van der Waals surface area contributed by atoms with E-state index in [0.29, 0.717) is 12.1 Å². The van der Waals surface area contributed by atoms with E-state index in [1.807, 2.05) is 7.05 Å². The first kappa shape index (κ1) is 9.55. The summed E-state index contributed by atoms with van der Waals surface area (Å²) in [5.41, 5.74) is 0. The van der Waals surface area contributed by atoms with Crippen molar-refractivity contribution < 1.29 is 0 Å². The van der Waals surface area contributed by atoms with Gasteiger partial charge in [0.25, 0.3) is 0 Å². The van der Waals surface area contributed by atoms with Crippen LogP contribution in [0.1, 0.15) is 6.42 Å². The highest BCUT2D eigenvalue weighted by Crippen LogP contribution is 2.14. The fraction of sp³-hybridized carbons (Fsp3) is 0.778. The molecule has 1 rings (SSSR count). The molecule has 70 valence electrons. The molecule has 1 aliphatic rings. The van der Waals surface area contributed by atoms with Gasteiger partial charge in [-0.05, 0) is 26.7 Å². The van der Waals surface area contributed by atoms with Crippen LogP contribution in [0.4, 0.5) is 0 Å². The van der Waals surface area contributed by atoms with E-state index in [2.05, 4.69) is 29.2 Å². The topological polar surface area (TPSA) is 27.3 Å². The molecule has 0 aromatic carbocycles. The van der Waals surface area contributed by atoms with Crippen LogP contribution in [0.15, 0.2) is 12.8 Å². The summed E-state index contributed by atoms with van der Waals surface area (Å²) >= 11 is 0. The lowest BCUT2D eigenvalue weighted by Gasteiger charge is -2.17. The van der Waals surface area contributed by atoms with Crippen LogP contribution in [0.3, 0.4) is 0 Å². The number of likely N-dealkylation sites (tertiary alicyclic amines) is 1. The van der Waals surface area contributed by atoms with Crippen molar-refractivity contribution in [3.8, 4) is 0 Å². The van der Waals surface area contributed by atoms with Gasteiger partial charge in [-0.2, -0.15) is 0 Å². The smallest absolute Gasteiger partial charge is 0.0398 e. The molecule has 0 aromatic rings. The van der Waals surface area contributed by atoms with E-state index in [0.717, 1.165) is 13.1 Å². The zero-order valence-electron chi connectivity index (χ0n) is 8.01. The lowest BCUT2D eigenvalue weighted by molar-refractivity contribution is 0.304. The zero-order valence-corrected chi connectivity index (χ0v) is 8.01. The van der Waals surface area contributed by atoms with Gasteiger partial charge in [0.15, 0.2) is 0 Å². The molecule has 1 aliphatic heterocycles. The first-order chi connectivity index (χ1) is 5.77. The van der Waals surface area contributed by atoms with Gasteiger partial charge >= 0.3 is 0 Å². The highest BCUT2D eigenvalue weighted by molar-refractivity contribution is 4.90. The molecule has 0 aromatic heterocycles. The van der Waals surface area contributed by atoms with Crippen molar-refractivity contribution in [2.45, 2.75) is 18.5 Å². The minimum absolute atomic E-state index is 0.589. The van der Waals surface area contributed by atoms with Crippen LogP contribution < -0.4 is 10.6 Å². The maximum Gasteiger partial charge on any atom is 0.0398 e. The zero-order chi connectivity index (χ0) is 8.97. The van der Waals surface area contributed by atoms with Crippen molar-refractivity contribution in [1.29, 1.82) is 0 Å². The molecule has 12 heavy (non-hydrogen) atoms. The average molecular weight is 169 g/mol. The number of hydrogen-bond acceptors (Lipinski definition) is 3. The predicted octanol–water partition coefficient (Wildman–Crippen LogP) is 0.0116. The summed E-state index contributed by atoms with van der Waals surface area (Å²) < 4.78 is 0. The van der Waals surface area contributed by atoms with E-state index in [1.54, 1.807) is 6.20 Å². The van der Waals surface area contributed by atoms with Crippen LogP contribution in [0.5, 0.6) is 0 Å². The van der Waals surface area contributed by atoms with E-state index >= 15 is 0 Å². The summed E-state index contributed by atoms with van der Waals surface area (Å²) in [5.74, 6) is 0. The molecule has 0 spiro atoms. The molecule has 0 saturated carbocycles. The van der Waals surface area contributed by atoms with Gasteiger partial charge in [0.2, 0.25) is 0 Å². The molecular weight excluding hydrogens is 150 g/mol. The molecule has 2 atom stereocenters. The Balaban J connectivity index is 2.33. The summed E-state index contributed by atoms with van der Waals surface area (Å²) in [6.07, 6.45) is 3.00. The van der Waals surface area contributed by atoms with Crippen molar-refractivity contribution in [1.82, 2.24) is 15.5 Å². The van der Waals surface area contributed by atoms with Crippen LogP contribution >= 0.6 is 0 Å². The largest absolute Gasteiger partial charge is 0.387 e. The van der Waals surface area contributed by atoms with Crippen LogP contribution in [0.2, 0.25) is 0 Å². The van der Waals surface area contributed by atoms with E-state index in [4.69, 9.17) is 0 Å². The summed E-state index contributed by atoms with van der Waals surface area (Å²) in [6, 6.07) is 1.26. The van der Waals surface area contributed by atoms with Gasteiger partial charge in [-0.15, -0.1) is 0 Å². The van der Waals surface area contributed by atoms with Crippen molar-refractivity contribution in [3.05, 3.63) is 12.8 Å². The monoisotopic (exact) mass is 169 g/mol. The SMILES string of the molecule is C=CNC1CC(CNC)N(C)C1. The second-order valence-corrected chi connectivity index (χ2v) is 3.45. The standard InChI is InChI=1S/C9H19N3/c1-4-11-8-5-9(6-10-2)12(3)7-8/h4,8-11H,1,5-7H2,2-3H3. The van der Waals surface area contributed by atoms with Crippen molar-refractivity contribution in [2.75, 3.05) is 27.2 Å². The Bertz CT molecular complexity index is 147. The number of hydrogen-bond donors (Lipinski definition) is 2. The number of nitrogens with zero attached hydrogens (tertiary/aromatic N) is 1. The second kappa shape index (κ2) is 4.48. The van der Waals surface area contributed by atoms with Crippen molar-refractivity contribution in [3.63, 3.8) is 0 Å². The fourth-order valence-electron chi connectivity index (χ4n) is 1.84. The molecule has 2 unspecified atom stereocenters. The molecule has 0 aliphatic carbocycles. The van der Waals surface area contributed by atoms with Crippen LogP contribution in [-0.4, -0.2) is 44.2 Å². The third-order valence-electron chi connectivity index (χ3n) is 2.48. The van der Waals surface area contributed by atoms with Gasteiger partial charge < -0.3 is 15.5 Å². The molecule has 1 saturated heterocycles. The van der Waals surface area contributed by atoms with Gasteiger partial charge in [0.05, 0.1) is 0 Å². The van der Waals surface area contributed by atoms with Gasteiger partial charge in [0.1, 0.15) is 0 Å². The molecule has 0 radical (unpaired) electrons. The Labute approximate surface area is 74.8 Å². The number of nitrogens with one attached hydrogen (secondary N) is 2. The molecule has 1 fully saturated rings. The second-order valence-electron chi connectivity index (χ2n) is 3.45. The van der Waals surface area contributed by atoms with Crippen molar-refractivity contribution in [2.24, 2.45) is 0 Å². The Morgan fingerprint density at radius 1 is 1.67 bits per heavy atom. The highest BCUT2D eigenvalue weighted by Gasteiger charge is 2.27. The van der Waals surface area contributed by atoms with E-state index in [9.17, 15) is 0 Å². The molecule has 2 N–H and O–H groups in total. The third-order valence-corrected chi connectivity index (χ3v) is 2.48. The first-order valence-electron chi connectivity index (χ1n) is 4.49. The summed E-state index contributed by atoms with van der Waals surface area (Å²) in [5, 5.41) is 6.47. The minimum Gasteiger partial charge on any atom is -0.387 e. The Kier molecular flexibility index (Phi) is 3.56. The fourth-order valence-corrected chi connectivity index (χ4v) is 1.84.